The van der Waals surface area contributed by atoms with Crippen molar-refractivity contribution in [2.75, 3.05) is 44.5 Å². The fraction of sp³-hybridized carbons (Fsp3) is 0.375. The van der Waals surface area contributed by atoms with Crippen LogP contribution in [-0.2, 0) is 16.0 Å². The first kappa shape index (κ1) is 31.8. The zero-order valence-electron chi connectivity index (χ0n) is 24.0. The molecule has 0 aromatic heterocycles. The topological polar surface area (TPSA) is 97.3 Å². The lowest BCUT2D eigenvalue weighted by Crippen LogP contribution is -2.38. The molecule has 1 unspecified atom stereocenters. The van der Waals surface area contributed by atoms with Gasteiger partial charge in [0.05, 0.1) is 19.3 Å². The number of ether oxygens (including phenoxy) is 3. The van der Waals surface area contributed by atoms with Crippen LogP contribution in [-0.4, -0.2) is 67.3 Å². The highest BCUT2D eigenvalue weighted by molar-refractivity contribution is 7.99. The fourth-order valence-electron chi connectivity index (χ4n) is 4.17. The van der Waals surface area contributed by atoms with Crippen molar-refractivity contribution < 1.29 is 28.9 Å². The third-order valence-electron chi connectivity index (χ3n) is 6.34. The molecule has 0 aliphatic rings. The van der Waals surface area contributed by atoms with Crippen molar-refractivity contribution in [2.45, 2.75) is 44.1 Å². The van der Waals surface area contributed by atoms with Gasteiger partial charge in [-0.2, -0.15) is 0 Å². The summed E-state index contributed by atoms with van der Waals surface area (Å²) >= 11 is 1.81. The maximum atomic E-state index is 13.3. The molecule has 1 atom stereocenters. The van der Waals surface area contributed by atoms with Crippen molar-refractivity contribution in [1.82, 2.24) is 4.90 Å². The second kappa shape index (κ2) is 17.2. The Morgan fingerprint density at radius 3 is 2.44 bits per heavy atom. The number of nitrogens with one attached hydrogen (secondary N) is 1. The van der Waals surface area contributed by atoms with Crippen molar-refractivity contribution in [3.63, 3.8) is 0 Å². The average molecular weight is 581 g/mol. The lowest BCUT2D eigenvalue weighted by molar-refractivity contribution is -0.149. The molecule has 2 N–H and O–H groups in total. The van der Waals surface area contributed by atoms with Gasteiger partial charge in [0.15, 0.2) is 6.10 Å². The molecule has 0 saturated carbocycles. The number of hydrogen-bond donors (Lipinski definition) is 2. The third-order valence-corrected chi connectivity index (χ3v) is 7.43. The summed E-state index contributed by atoms with van der Waals surface area (Å²) in [6, 6.07) is 23.0. The Bertz CT molecular complexity index is 1220. The van der Waals surface area contributed by atoms with Crippen LogP contribution in [0.4, 0.5) is 10.5 Å². The quantitative estimate of drug-likeness (QED) is 0.139. The molecule has 9 heteroatoms. The Labute approximate surface area is 247 Å². The normalized spacial score (nSPS) is 11.5. The van der Waals surface area contributed by atoms with E-state index in [0.29, 0.717) is 43.5 Å². The SMILES string of the molecule is CCOC(Cc1ccc(OCCN(CCCCSc2ccccc2)C(=O)Nc2cc(C)ccc2OC)cc1)C(=O)O. The predicted octanol–water partition coefficient (Wildman–Crippen LogP) is 6.52. The highest BCUT2D eigenvalue weighted by Gasteiger charge is 2.18. The minimum atomic E-state index is -0.979. The molecular formula is C32H40N2O6S. The van der Waals surface area contributed by atoms with Gasteiger partial charge in [-0.3, -0.25) is 0 Å². The number of rotatable bonds is 17. The second-order valence-electron chi connectivity index (χ2n) is 9.47. The molecule has 0 aliphatic carbocycles. The van der Waals surface area contributed by atoms with E-state index in [-0.39, 0.29) is 12.5 Å². The number of carboxylic acid groups (broad SMARTS) is 1. The summed E-state index contributed by atoms with van der Waals surface area (Å²) in [7, 11) is 1.58. The van der Waals surface area contributed by atoms with Crippen LogP contribution in [0.3, 0.4) is 0 Å². The van der Waals surface area contributed by atoms with Crippen LogP contribution in [0.25, 0.3) is 0 Å². The molecule has 41 heavy (non-hydrogen) atoms. The van der Waals surface area contributed by atoms with Crippen molar-refractivity contribution in [2.24, 2.45) is 0 Å². The number of amides is 2. The number of benzene rings is 3. The summed E-state index contributed by atoms with van der Waals surface area (Å²) in [4.78, 5) is 27.7. The smallest absolute Gasteiger partial charge is 0.333 e. The molecule has 0 saturated heterocycles. The van der Waals surface area contributed by atoms with Crippen LogP contribution < -0.4 is 14.8 Å². The molecule has 0 bridgehead atoms. The second-order valence-corrected chi connectivity index (χ2v) is 10.6. The number of urea groups is 1. The van der Waals surface area contributed by atoms with Crippen molar-refractivity contribution >= 4 is 29.4 Å². The number of carbonyl (C=O) groups excluding carboxylic acids is 1. The Morgan fingerprint density at radius 2 is 1.76 bits per heavy atom. The first-order valence-electron chi connectivity index (χ1n) is 13.8. The first-order valence-corrected chi connectivity index (χ1v) is 14.8. The van der Waals surface area contributed by atoms with E-state index in [9.17, 15) is 14.7 Å². The van der Waals surface area contributed by atoms with Crippen molar-refractivity contribution in [1.29, 1.82) is 0 Å². The molecular weight excluding hydrogens is 540 g/mol. The summed E-state index contributed by atoms with van der Waals surface area (Å²) in [6.45, 7) is 5.38. The minimum absolute atomic E-state index is 0.209. The van der Waals surface area contributed by atoms with E-state index in [1.807, 2.05) is 79.3 Å². The standard InChI is InChI=1S/C32H40N2O6S/c1-4-39-30(31(35)36)23-25-13-15-26(16-14-25)40-20-19-34(18-8-9-21-41-27-10-6-5-7-11-27)32(37)33-28-22-24(2)12-17-29(28)38-3/h5-7,10-17,22,30H,4,8-9,18-21,23H2,1-3H3,(H,33,37)(H,35,36). The highest BCUT2D eigenvalue weighted by atomic mass is 32.2. The van der Waals surface area contributed by atoms with E-state index in [1.165, 1.54) is 4.90 Å². The fourth-order valence-corrected chi connectivity index (χ4v) is 5.10. The van der Waals surface area contributed by atoms with E-state index in [0.717, 1.165) is 29.7 Å². The number of anilines is 1. The van der Waals surface area contributed by atoms with Gasteiger partial charge >= 0.3 is 12.0 Å². The Morgan fingerprint density at radius 1 is 1.00 bits per heavy atom. The van der Waals surface area contributed by atoms with E-state index in [4.69, 9.17) is 14.2 Å². The number of hydrogen-bond acceptors (Lipinski definition) is 6. The van der Waals surface area contributed by atoms with Gasteiger partial charge in [0.2, 0.25) is 0 Å². The summed E-state index contributed by atoms with van der Waals surface area (Å²) in [5.41, 5.74) is 2.50. The Kier molecular flexibility index (Phi) is 13.4. The summed E-state index contributed by atoms with van der Waals surface area (Å²) in [5, 5.41) is 12.3. The molecule has 3 aromatic carbocycles. The van der Waals surface area contributed by atoms with Gasteiger partial charge in [-0.05, 0) is 80.0 Å². The van der Waals surface area contributed by atoms with Crippen molar-refractivity contribution in [3.05, 3.63) is 83.9 Å². The number of unbranched alkanes of at least 4 members (excludes halogenated alkanes) is 1. The molecule has 3 aromatic rings. The zero-order chi connectivity index (χ0) is 29.5. The van der Waals surface area contributed by atoms with Gasteiger partial charge in [0.25, 0.3) is 0 Å². The van der Waals surface area contributed by atoms with E-state index >= 15 is 0 Å². The van der Waals surface area contributed by atoms with Gasteiger partial charge in [-0.1, -0.05) is 36.4 Å². The largest absolute Gasteiger partial charge is 0.495 e. The van der Waals surface area contributed by atoms with Gasteiger partial charge in [0, 0.05) is 24.5 Å². The maximum absolute atomic E-state index is 13.3. The van der Waals surface area contributed by atoms with E-state index in [1.54, 1.807) is 18.9 Å². The number of carboxylic acids is 1. The van der Waals surface area contributed by atoms with Crippen LogP contribution in [0.1, 0.15) is 30.9 Å². The average Bonchev–Trinajstić information content (AvgIpc) is 2.97. The lowest BCUT2D eigenvalue weighted by Gasteiger charge is -2.24. The molecule has 3 rings (SSSR count). The number of aliphatic carboxylic acids is 1. The number of nitrogens with zero attached hydrogens (tertiary/aromatic N) is 1. The number of thioether (sulfide) groups is 1. The van der Waals surface area contributed by atoms with Gasteiger partial charge in [-0.15, -0.1) is 11.8 Å². The predicted molar refractivity (Wildman–Crippen MR) is 163 cm³/mol. The number of methoxy groups -OCH3 is 1. The summed E-state index contributed by atoms with van der Waals surface area (Å²) in [6.07, 6.45) is 1.23. The van der Waals surface area contributed by atoms with E-state index < -0.39 is 12.1 Å². The first-order chi connectivity index (χ1) is 19.9. The molecule has 0 fully saturated rings. The Balaban J connectivity index is 1.56. The highest BCUT2D eigenvalue weighted by Crippen LogP contribution is 2.26. The van der Waals surface area contributed by atoms with Gasteiger partial charge in [-0.25, -0.2) is 9.59 Å². The molecule has 0 spiro atoms. The molecule has 0 heterocycles. The number of carbonyl (C=O) groups is 2. The molecule has 8 nitrogen and oxygen atoms in total. The van der Waals surface area contributed by atoms with Gasteiger partial charge < -0.3 is 29.5 Å². The van der Waals surface area contributed by atoms with Crippen LogP contribution in [0, 0.1) is 6.92 Å². The molecule has 220 valence electrons. The molecule has 0 radical (unpaired) electrons. The zero-order valence-corrected chi connectivity index (χ0v) is 24.8. The number of aryl methyl sites for hydroxylation is 1. The molecule has 2 amide bonds. The maximum Gasteiger partial charge on any atom is 0.333 e. The third kappa shape index (κ3) is 11.0. The molecule has 0 aliphatic heterocycles. The minimum Gasteiger partial charge on any atom is -0.495 e. The van der Waals surface area contributed by atoms with Gasteiger partial charge in [0.1, 0.15) is 18.1 Å². The Hall–Kier alpha value is -3.69. The van der Waals surface area contributed by atoms with Crippen molar-refractivity contribution in [3.8, 4) is 11.5 Å². The summed E-state index contributed by atoms with van der Waals surface area (Å²) in [5.74, 6) is 1.25. The van der Waals surface area contributed by atoms with Crippen LogP contribution in [0.2, 0.25) is 0 Å². The van der Waals surface area contributed by atoms with E-state index in [2.05, 4.69) is 17.4 Å². The monoisotopic (exact) mass is 580 g/mol. The lowest BCUT2D eigenvalue weighted by atomic mass is 10.1. The summed E-state index contributed by atoms with van der Waals surface area (Å²) < 4.78 is 16.7. The van der Waals surface area contributed by atoms with Crippen LogP contribution in [0.5, 0.6) is 11.5 Å². The van der Waals surface area contributed by atoms with Crippen LogP contribution >= 0.6 is 11.8 Å². The van der Waals surface area contributed by atoms with Crippen LogP contribution in [0.15, 0.2) is 77.7 Å².